The summed E-state index contributed by atoms with van der Waals surface area (Å²) in [5.74, 6) is 1.47. The highest BCUT2D eigenvalue weighted by Gasteiger charge is 2.23. The fourth-order valence-electron chi connectivity index (χ4n) is 4.91. The molecule has 2 N–H and O–H groups in total. The van der Waals surface area contributed by atoms with E-state index in [1.165, 1.54) is 31.2 Å². The number of pyridine rings is 2. The van der Waals surface area contributed by atoms with Gasteiger partial charge in [0.2, 0.25) is 5.88 Å². The lowest BCUT2D eigenvalue weighted by Crippen LogP contribution is -2.31. The molecule has 35 heavy (non-hydrogen) atoms. The number of anilines is 2. The quantitative estimate of drug-likeness (QED) is 0.421. The third-order valence-corrected chi connectivity index (χ3v) is 6.91. The van der Waals surface area contributed by atoms with Gasteiger partial charge in [0.05, 0.1) is 30.6 Å². The normalized spacial score (nSPS) is 18.1. The van der Waals surface area contributed by atoms with Gasteiger partial charge in [-0.2, -0.15) is 0 Å². The summed E-state index contributed by atoms with van der Waals surface area (Å²) >= 11 is 0. The van der Waals surface area contributed by atoms with E-state index in [-0.39, 0.29) is 5.56 Å². The van der Waals surface area contributed by atoms with E-state index in [9.17, 15) is 4.79 Å². The molecule has 180 valence electrons. The zero-order valence-corrected chi connectivity index (χ0v) is 20.3. The van der Waals surface area contributed by atoms with Gasteiger partial charge in [-0.3, -0.25) is 9.78 Å². The van der Waals surface area contributed by atoms with Crippen LogP contribution in [0.4, 0.5) is 11.5 Å². The second-order valence-corrected chi connectivity index (χ2v) is 9.29. The third kappa shape index (κ3) is 4.88. The molecule has 1 fully saturated rings. The molecule has 5 rings (SSSR count). The van der Waals surface area contributed by atoms with Crippen LogP contribution in [-0.2, 0) is 0 Å². The Kier molecular flexibility index (Phi) is 6.46. The van der Waals surface area contributed by atoms with Crippen molar-refractivity contribution in [3.05, 3.63) is 70.9 Å². The maximum absolute atomic E-state index is 12.7. The van der Waals surface area contributed by atoms with Gasteiger partial charge in [0.25, 0.3) is 5.56 Å². The fourth-order valence-corrected chi connectivity index (χ4v) is 4.91. The highest BCUT2D eigenvalue weighted by Crippen LogP contribution is 2.35. The predicted molar refractivity (Wildman–Crippen MR) is 138 cm³/mol. The second-order valence-electron chi connectivity index (χ2n) is 9.29. The molecule has 1 saturated carbocycles. The molecule has 8 heteroatoms. The Labute approximate surface area is 204 Å². The molecule has 0 aliphatic heterocycles. The molecular formula is C27H30N6O2. The van der Waals surface area contributed by atoms with Crippen molar-refractivity contribution in [1.82, 2.24) is 24.8 Å². The van der Waals surface area contributed by atoms with Crippen LogP contribution >= 0.6 is 0 Å². The molecule has 0 bridgehead atoms. The van der Waals surface area contributed by atoms with Gasteiger partial charge in [0.15, 0.2) is 0 Å². The Hall–Kier alpha value is -3.78. The number of nitrogens with zero attached hydrogens (tertiary/aromatic N) is 4. The number of aromatic amines is 1. The fraction of sp³-hybridized carbons (Fsp3) is 0.333. The number of H-pyrrole nitrogens is 1. The Bertz CT molecular complexity index is 1370. The number of hydrogen-bond donors (Lipinski definition) is 2. The van der Waals surface area contributed by atoms with Crippen molar-refractivity contribution in [2.75, 3.05) is 26.5 Å². The Balaban J connectivity index is 1.44. The number of nitrogens with one attached hydrogen (secondary N) is 2. The van der Waals surface area contributed by atoms with Crippen LogP contribution in [0.2, 0.25) is 0 Å². The largest absolute Gasteiger partial charge is 0.480 e. The van der Waals surface area contributed by atoms with Crippen LogP contribution < -0.4 is 15.6 Å². The third-order valence-electron chi connectivity index (χ3n) is 6.91. The first kappa shape index (κ1) is 23.0. The van der Waals surface area contributed by atoms with Crippen LogP contribution in [0.1, 0.15) is 37.2 Å². The number of fused-ring (bicyclic) bond motifs is 1. The molecule has 0 saturated heterocycles. The number of methoxy groups -OCH3 is 1. The SMILES string of the molecule is COc1cncc(-c2cc3cc[nH]c(=O)c3c(Nc3ccc(C4CCC(N(C)C)CC4)cc3)n2)n1. The van der Waals surface area contributed by atoms with Gasteiger partial charge < -0.3 is 19.9 Å². The summed E-state index contributed by atoms with van der Waals surface area (Å²) in [6.07, 6.45) is 9.69. The Morgan fingerprint density at radius 1 is 1.00 bits per heavy atom. The molecule has 0 unspecified atom stereocenters. The van der Waals surface area contributed by atoms with Crippen molar-refractivity contribution in [1.29, 1.82) is 0 Å². The van der Waals surface area contributed by atoms with E-state index in [0.717, 1.165) is 11.1 Å². The molecule has 3 heterocycles. The van der Waals surface area contributed by atoms with Crippen molar-refractivity contribution < 1.29 is 4.74 Å². The van der Waals surface area contributed by atoms with Crippen molar-refractivity contribution in [3.8, 4) is 17.3 Å². The average Bonchev–Trinajstić information content (AvgIpc) is 2.89. The molecule has 1 aliphatic carbocycles. The molecule has 3 aromatic heterocycles. The molecule has 1 aliphatic rings. The monoisotopic (exact) mass is 470 g/mol. The number of hydrogen-bond acceptors (Lipinski definition) is 7. The highest BCUT2D eigenvalue weighted by atomic mass is 16.5. The minimum Gasteiger partial charge on any atom is -0.480 e. The summed E-state index contributed by atoms with van der Waals surface area (Å²) in [6.45, 7) is 0. The van der Waals surface area contributed by atoms with E-state index in [4.69, 9.17) is 9.72 Å². The van der Waals surface area contributed by atoms with Gasteiger partial charge in [-0.25, -0.2) is 9.97 Å². The van der Waals surface area contributed by atoms with Gasteiger partial charge in [-0.05, 0) is 80.9 Å². The molecule has 1 aromatic carbocycles. The van der Waals surface area contributed by atoms with E-state index in [1.54, 1.807) is 25.7 Å². The maximum atomic E-state index is 12.7. The van der Waals surface area contributed by atoms with Crippen LogP contribution in [0.5, 0.6) is 5.88 Å². The van der Waals surface area contributed by atoms with E-state index in [1.807, 2.05) is 12.1 Å². The number of ether oxygens (including phenoxy) is 1. The summed E-state index contributed by atoms with van der Waals surface area (Å²) in [5.41, 5.74) is 3.21. The molecule has 4 aromatic rings. The van der Waals surface area contributed by atoms with Gasteiger partial charge in [-0.15, -0.1) is 0 Å². The standard InChI is InChI=1S/C27H30N6O2/c1-33(2)21-10-6-18(7-11-21)17-4-8-20(9-5-17)30-26-25-19(12-13-29-27(25)34)14-22(32-26)23-15-28-16-24(31-23)35-3/h4-5,8-9,12-16,18,21H,6-7,10-11H2,1-3H3,(H,29,34)(H,30,32). The molecule has 0 amide bonds. The van der Waals surface area contributed by atoms with Crippen LogP contribution in [0.25, 0.3) is 22.2 Å². The molecule has 0 spiro atoms. The molecule has 0 atom stereocenters. The lowest BCUT2D eigenvalue weighted by Gasteiger charge is -2.32. The van der Waals surface area contributed by atoms with Crippen LogP contribution in [-0.4, -0.2) is 52.1 Å². The van der Waals surface area contributed by atoms with Gasteiger partial charge in [-0.1, -0.05) is 12.1 Å². The highest BCUT2D eigenvalue weighted by molar-refractivity contribution is 5.94. The zero-order chi connectivity index (χ0) is 24.4. The van der Waals surface area contributed by atoms with Crippen LogP contribution in [0.15, 0.2) is 59.8 Å². The molecule has 0 radical (unpaired) electrons. The topological polar surface area (TPSA) is 96.0 Å². The predicted octanol–water partition coefficient (Wildman–Crippen LogP) is 4.72. The van der Waals surface area contributed by atoms with Crippen molar-refractivity contribution in [2.45, 2.75) is 37.6 Å². The van der Waals surface area contributed by atoms with E-state index in [0.29, 0.717) is 40.4 Å². The first-order chi connectivity index (χ1) is 17.0. The molecule has 8 nitrogen and oxygen atoms in total. The minimum atomic E-state index is -0.199. The first-order valence-corrected chi connectivity index (χ1v) is 11.9. The minimum absolute atomic E-state index is 0.199. The van der Waals surface area contributed by atoms with Crippen LogP contribution in [0.3, 0.4) is 0 Å². The van der Waals surface area contributed by atoms with Gasteiger partial charge in [0, 0.05) is 17.9 Å². The first-order valence-electron chi connectivity index (χ1n) is 11.9. The van der Waals surface area contributed by atoms with Gasteiger partial charge >= 0.3 is 0 Å². The van der Waals surface area contributed by atoms with E-state index < -0.39 is 0 Å². The summed E-state index contributed by atoms with van der Waals surface area (Å²) in [7, 11) is 5.89. The lowest BCUT2D eigenvalue weighted by atomic mass is 9.81. The summed E-state index contributed by atoms with van der Waals surface area (Å²) in [6, 6.07) is 12.9. The van der Waals surface area contributed by atoms with Crippen molar-refractivity contribution >= 4 is 22.3 Å². The summed E-state index contributed by atoms with van der Waals surface area (Å²) in [5, 5.41) is 4.62. The van der Waals surface area contributed by atoms with Crippen LogP contribution in [0, 0.1) is 0 Å². The number of benzene rings is 1. The van der Waals surface area contributed by atoms with E-state index in [2.05, 4.69) is 63.5 Å². The van der Waals surface area contributed by atoms with E-state index >= 15 is 0 Å². The number of rotatable bonds is 6. The number of aromatic nitrogens is 4. The van der Waals surface area contributed by atoms with Gasteiger partial charge in [0.1, 0.15) is 11.5 Å². The maximum Gasteiger partial charge on any atom is 0.259 e. The summed E-state index contributed by atoms with van der Waals surface area (Å²) in [4.78, 5) is 31.2. The Morgan fingerprint density at radius 2 is 1.77 bits per heavy atom. The lowest BCUT2D eigenvalue weighted by molar-refractivity contribution is 0.216. The molecular weight excluding hydrogens is 440 g/mol. The van der Waals surface area contributed by atoms with Crippen molar-refractivity contribution in [3.63, 3.8) is 0 Å². The smallest absolute Gasteiger partial charge is 0.259 e. The zero-order valence-electron chi connectivity index (χ0n) is 20.3. The van der Waals surface area contributed by atoms with Crippen molar-refractivity contribution in [2.24, 2.45) is 0 Å². The summed E-state index contributed by atoms with van der Waals surface area (Å²) < 4.78 is 5.21. The average molecular weight is 471 g/mol. The Morgan fingerprint density at radius 3 is 2.49 bits per heavy atom. The second kappa shape index (κ2) is 9.84.